The quantitative estimate of drug-likeness (QED) is 0.584. The molecule has 0 aromatic rings. The van der Waals surface area contributed by atoms with Crippen LogP contribution in [0.4, 0.5) is 0 Å². The van der Waals surface area contributed by atoms with Gasteiger partial charge in [0, 0.05) is 13.5 Å². The topological polar surface area (TPSA) is 29.1 Å². The van der Waals surface area contributed by atoms with Crippen molar-refractivity contribution in [3.63, 3.8) is 0 Å². The molecule has 0 unspecified atom stereocenters. The summed E-state index contributed by atoms with van der Waals surface area (Å²) in [5.74, 6) is 0.101. The molecule has 0 aliphatic carbocycles. The lowest BCUT2D eigenvalue weighted by atomic mass is 10.1. The summed E-state index contributed by atoms with van der Waals surface area (Å²) in [6.07, 6.45) is 3.79. The van der Waals surface area contributed by atoms with Crippen LogP contribution in [0.25, 0.3) is 0 Å². The van der Waals surface area contributed by atoms with Gasteiger partial charge in [-0.25, -0.2) is 0 Å². The maximum Gasteiger partial charge on any atom is 0.175 e. The summed E-state index contributed by atoms with van der Waals surface area (Å²) < 4.78 is 0. The van der Waals surface area contributed by atoms with Crippen LogP contribution in [0.1, 0.15) is 13.8 Å². The summed E-state index contributed by atoms with van der Waals surface area (Å²) in [4.78, 5) is 10.7. The summed E-state index contributed by atoms with van der Waals surface area (Å²) in [5, 5.41) is 3.01. The molecular formula is C8H11NO. The van der Waals surface area contributed by atoms with E-state index in [9.17, 15) is 4.79 Å². The normalized spacial score (nSPS) is 17.0. The highest BCUT2D eigenvalue weighted by Crippen LogP contribution is 2.02. The molecule has 0 aromatic heterocycles. The van der Waals surface area contributed by atoms with Crippen molar-refractivity contribution in [3.8, 4) is 0 Å². The number of carbonyl (C=O) groups excluding carboxylic acids is 1. The lowest BCUT2D eigenvalue weighted by Crippen LogP contribution is -2.22. The molecule has 0 radical (unpaired) electrons. The van der Waals surface area contributed by atoms with Gasteiger partial charge in [-0.1, -0.05) is 11.6 Å². The van der Waals surface area contributed by atoms with E-state index in [1.807, 2.05) is 19.1 Å². The Balaban J connectivity index is 2.74. The lowest BCUT2D eigenvalue weighted by molar-refractivity contribution is -0.113. The largest absolute Gasteiger partial charge is 0.378 e. The second-order valence-electron chi connectivity index (χ2n) is 2.50. The van der Waals surface area contributed by atoms with Crippen molar-refractivity contribution in [1.29, 1.82) is 0 Å². The number of ketones is 1. The highest BCUT2D eigenvalue weighted by molar-refractivity contribution is 5.93. The Morgan fingerprint density at radius 1 is 1.60 bits per heavy atom. The molecule has 0 amide bonds. The van der Waals surface area contributed by atoms with Gasteiger partial charge in [0.15, 0.2) is 5.78 Å². The first-order chi connectivity index (χ1) is 4.70. The van der Waals surface area contributed by atoms with Gasteiger partial charge >= 0.3 is 0 Å². The zero-order valence-corrected chi connectivity index (χ0v) is 6.27. The molecule has 1 heterocycles. The zero-order valence-electron chi connectivity index (χ0n) is 6.27. The summed E-state index contributed by atoms with van der Waals surface area (Å²) in [6, 6.07) is 0. The molecule has 0 atom stereocenters. The molecule has 0 fully saturated rings. The van der Waals surface area contributed by atoms with Crippen molar-refractivity contribution in [2.45, 2.75) is 13.8 Å². The molecule has 2 nitrogen and oxygen atoms in total. The van der Waals surface area contributed by atoms with E-state index in [4.69, 9.17) is 0 Å². The average Bonchev–Trinajstić information content (AvgIpc) is 1.88. The number of Topliss-reactive ketones (excluding diaryl/α,β-unsaturated/α-hetero) is 1. The fraction of sp³-hybridized carbons (Fsp3) is 0.375. The van der Waals surface area contributed by atoms with Gasteiger partial charge in [0.1, 0.15) is 0 Å². The standard InChI is InChI=1S/C8H11NO/c1-6-3-4-8(7(2)10)9-5-6/h3-4,9H,5H2,1-2H3. The van der Waals surface area contributed by atoms with Crippen LogP contribution in [0.5, 0.6) is 0 Å². The van der Waals surface area contributed by atoms with Crippen molar-refractivity contribution in [3.05, 3.63) is 23.4 Å². The third-order valence-corrected chi connectivity index (χ3v) is 1.47. The number of rotatable bonds is 1. The van der Waals surface area contributed by atoms with Gasteiger partial charge in [0.25, 0.3) is 0 Å². The predicted octanol–water partition coefficient (Wildman–Crippen LogP) is 1.01. The van der Waals surface area contributed by atoms with Crippen LogP contribution in [0.15, 0.2) is 23.4 Å². The van der Waals surface area contributed by atoms with Crippen molar-refractivity contribution < 1.29 is 4.79 Å². The van der Waals surface area contributed by atoms with Crippen LogP contribution in [-0.2, 0) is 4.79 Å². The van der Waals surface area contributed by atoms with E-state index in [2.05, 4.69) is 5.32 Å². The number of carbonyl (C=O) groups is 1. The first-order valence-electron chi connectivity index (χ1n) is 3.32. The Hall–Kier alpha value is -1.05. The minimum atomic E-state index is 0.101. The molecule has 1 N–H and O–H groups in total. The van der Waals surface area contributed by atoms with Gasteiger partial charge in [-0.05, 0) is 13.0 Å². The Kier molecular flexibility index (Phi) is 1.90. The molecule has 0 saturated carbocycles. The third kappa shape index (κ3) is 1.47. The van der Waals surface area contributed by atoms with Crippen molar-refractivity contribution >= 4 is 5.78 Å². The predicted molar refractivity (Wildman–Crippen MR) is 40.5 cm³/mol. The van der Waals surface area contributed by atoms with Crippen LogP contribution in [-0.4, -0.2) is 12.3 Å². The maximum atomic E-state index is 10.7. The molecule has 1 aliphatic heterocycles. The molecule has 54 valence electrons. The number of allylic oxidation sites excluding steroid dienone is 3. The van der Waals surface area contributed by atoms with E-state index in [1.54, 1.807) is 6.92 Å². The second kappa shape index (κ2) is 2.69. The van der Waals surface area contributed by atoms with E-state index in [0.29, 0.717) is 5.70 Å². The van der Waals surface area contributed by atoms with Crippen LogP contribution >= 0.6 is 0 Å². The first kappa shape index (κ1) is 7.06. The van der Waals surface area contributed by atoms with Gasteiger partial charge in [-0.2, -0.15) is 0 Å². The number of hydrogen-bond donors (Lipinski definition) is 1. The SMILES string of the molecule is CC(=O)C1=CC=C(C)CN1. The third-order valence-electron chi connectivity index (χ3n) is 1.47. The van der Waals surface area contributed by atoms with E-state index in [0.717, 1.165) is 6.54 Å². The average molecular weight is 137 g/mol. The molecule has 0 aromatic carbocycles. The van der Waals surface area contributed by atoms with E-state index in [1.165, 1.54) is 5.57 Å². The lowest BCUT2D eigenvalue weighted by Gasteiger charge is -2.11. The van der Waals surface area contributed by atoms with Crippen LogP contribution < -0.4 is 5.32 Å². The van der Waals surface area contributed by atoms with Gasteiger partial charge in [-0.3, -0.25) is 4.79 Å². The van der Waals surface area contributed by atoms with Gasteiger partial charge < -0.3 is 5.32 Å². The summed E-state index contributed by atoms with van der Waals surface area (Å²) >= 11 is 0. The first-order valence-corrected chi connectivity index (χ1v) is 3.32. The summed E-state index contributed by atoms with van der Waals surface area (Å²) in [6.45, 7) is 4.39. The maximum absolute atomic E-state index is 10.7. The van der Waals surface area contributed by atoms with E-state index < -0.39 is 0 Å². The smallest absolute Gasteiger partial charge is 0.175 e. The van der Waals surface area contributed by atoms with Crippen LogP contribution in [0, 0.1) is 0 Å². The zero-order chi connectivity index (χ0) is 7.56. The van der Waals surface area contributed by atoms with E-state index in [-0.39, 0.29) is 5.78 Å². The van der Waals surface area contributed by atoms with Crippen LogP contribution in [0.2, 0.25) is 0 Å². The molecule has 0 saturated heterocycles. The highest BCUT2D eigenvalue weighted by atomic mass is 16.1. The fourth-order valence-corrected chi connectivity index (χ4v) is 0.820. The molecule has 1 aliphatic rings. The molecule has 0 bridgehead atoms. The van der Waals surface area contributed by atoms with Crippen molar-refractivity contribution in [1.82, 2.24) is 5.32 Å². The van der Waals surface area contributed by atoms with Crippen molar-refractivity contribution in [2.24, 2.45) is 0 Å². The van der Waals surface area contributed by atoms with Gasteiger partial charge in [0.2, 0.25) is 0 Å². The Bertz CT molecular complexity index is 213. The summed E-state index contributed by atoms with van der Waals surface area (Å²) in [5.41, 5.74) is 1.97. The van der Waals surface area contributed by atoms with E-state index >= 15 is 0 Å². The highest BCUT2D eigenvalue weighted by Gasteiger charge is 2.04. The fourth-order valence-electron chi connectivity index (χ4n) is 0.820. The molecule has 1 rings (SSSR count). The summed E-state index contributed by atoms with van der Waals surface area (Å²) in [7, 11) is 0. The molecule has 10 heavy (non-hydrogen) atoms. The Morgan fingerprint density at radius 3 is 2.70 bits per heavy atom. The van der Waals surface area contributed by atoms with Crippen LogP contribution in [0.3, 0.4) is 0 Å². The second-order valence-corrected chi connectivity index (χ2v) is 2.50. The number of hydrogen-bond acceptors (Lipinski definition) is 2. The minimum Gasteiger partial charge on any atom is -0.378 e. The van der Waals surface area contributed by atoms with Crippen molar-refractivity contribution in [2.75, 3.05) is 6.54 Å². The monoisotopic (exact) mass is 137 g/mol. The molecular weight excluding hydrogens is 126 g/mol. The Morgan fingerprint density at radius 2 is 2.30 bits per heavy atom. The van der Waals surface area contributed by atoms with Gasteiger partial charge in [0.05, 0.1) is 5.70 Å². The number of nitrogens with one attached hydrogen (secondary N) is 1. The number of dihydropyridines is 1. The van der Waals surface area contributed by atoms with Gasteiger partial charge in [-0.15, -0.1) is 0 Å². The minimum absolute atomic E-state index is 0.101. The molecule has 2 heteroatoms. The Labute approximate surface area is 60.6 Å². The molecule has 0 spiro atoms.